The number of piperidine rings is 1. The molecular formula is C26H30N4O. The van der Waals surface area contributed by atoms with E-state index in [1.807, 2.05) is 60.7 Å². The number of ketones is 1. The van der Waals surface area contributed by atoms with Gasteiger partial charge in [0.1, 0.15) is 0 Å². The lowest BCUT2D eigenvalue weighted by Crippen LogP contribution is -2.30. The second-order valence-electron chi connectivity index (χ2n) is 8.10. The first kappa shape index (κ1) is 21.1. The van der Waals surface area contributed by atoms with Gasteiger partial charge >= 0.3 is 0 Å². The molecule has 1 fully saturated rings. The van der Waals surface area contributed by atoms with E-state index in [1.165, 1.54) is 32.4 Å². The first-order chi connectivity index (χ1) is 15.2. The Bertz CT molecular complexity index is 1010. The van der Waals surface area contributed by atoms with Gasteiger partial charge in [0.25, 0.3) is 0 Å². The number of likely N-dealkylation sites (tertiary alicyclic amines) is 1. The summed E-state index contributed by atoms with van der Waals surface area (Å²) in [4.78, 5) is 20.0. The predicted molar refractivity (Wildman–Crippen MR) is 127 cm³/mol. The summed E-state index contributed by atoms with van der Waals surface area (Å²) >= 11 is 0. The van der Waals surface area contributed by atoms with Gasteiger partial charge in [0, 0.05) is 17.3 Å². The van der Waals surface area contributed by atoms with Crippen molar-refractivity contribution in [3.63, 3.8) is 0 Å². The monoisotopic (exact) mass is 414 g/mol. The van der Waals surface area contributed by atoms with E-state index in [1.54, 1.807) is 6.20 Å². The van der Waals surface area contributed by atoms with E-state index in [4.69, 9.17) is 5.73 Å². The van der Waals surface area contributed by atoms with Crippen molar-refractivity contribution in [2.24, 2.45) is 0 Å². The Labute approximate surface area is 184 Å². The smallest absolute Gasteiger partial charge is 0.195 e. The van der Waals surface area contributed by atoms with Crippen LogP contribution in [-0.2, 0) is 6.42 Å². The van der Waals surface area contributed by atoms with Gasteiger partial charge in [-0.25, -0.2) is 4.98 Å². The highest BCUT2D eigenvalue weighted by atomic mass is 16.1. The van der Waals surface area contributed by atoms with E-state index in [0.29, 0.717) is 28.3 Å². The molecule has 0 radical (unpaired) electrons. The number of pyridine rings is 1. The van der Waals surface area contributed by atoms with Gasteiger partial charge in [-0.3, -0.25) is 4.79 Å². The fourth-order valence-corrected chi connectivity index (χ4v) is 4.17. The maximum Gasteiger partial charge on any atom is 0.195 e. The molecule has 3 N–H and O–H groups in total. The summed E-state index contributed by atoms with van der Waals surface area (Å²) in [7, 11) is 0. The van der Waals surface area contributed by atoms with Crippen LogP contribution in [0.3, 0.4) is 0 Å². The fourth-order valence-electron chi connectivity index (χ4n) is 4.17. The molecule has 1 saturated heterocycles. The SMILES string of the molecule is Nc1c(CCCN2CCCCC2)ccnc1Nc1ccccc1C(=O)c1ccccc1. The number of nitrogens with one attached hydrogen (secondary N) is 1. The quantitative estimate of drug-likeness (QED) is 0.504. The molecule has 1 aliphatic heterocycles. The fraction of sp³-hybridized carbons (Fsp3) is 0.308. The van der Waals surface area contributed by atoms with Gasteiger partial charge in [0.05, 0.1) is 11.4 Å². The zero-order chi connectivity index (χ0) is 21.5. The number of rotatable bonds is 8. The molecule has 4 rings (SSSR count). The van der Waals surface area contributed by atoms with Gasteiger partial charge in [-0.15, -0.1) is 0 Å². The van der Waals surface area contributed by atoms with Crippen LogP contribution in [-0.4, -0.2) is 35.3 Å². The molecule has 0 saturated carbocycles. The lowest BCUT2D eigenvalue weighted by Gasteiger charge is -2.26. The Hall–Kier alpha value is -3.18. The summed E-state index contributed by atoms with van der Waals surface area (Å²) in [5.41, 5.74) is 10.2. The number of anilines is 3. The first-order valence-electron chi connectivity index (χ1n) is 11.1. The minimum absolute atomic E-state index is 0.0278. The van der Waals surface area contributed by atoms with E-state index >= 15 is 0 Å². The molecule has 0 aliphatic carbocycles. The third-order valence-electron chi connectivity index (χ3n) is 5.91. The van der Waals surface area contributed by atoms with Gasteiger partial charge in [0.15, 0.2) is 11.6 Å². The highest BCUT2D eigenvalue weighted by Gasteiger charge is 2.15. The van der Waals surface area contributed by atoms with E-state index in [2.05, 4.69) is 15.2 Å². The average Bonchev–Trinajstić information content (AvgIpc) is 2.82. The largest absolute Gasteiger partial charge is 0.396 e. The standard InChI is InChI=1S/C26H30N4O/c27-24-20(12-9-19-30-17-7-2-8-18-30)15-16-28-26(24)29-23-14-6-5-13-22(23)25(31)21-10-3-1-4-11-21/h1,3-6,10-11,13-16H,2,7-9,12,17-19,27H2,(H,28,29). The Balaban J connectivity index is 1.47. The molecule has 1 aromatic heterocycles. The molecule has 0 amide bonds. The molecule has 0 atom stereocenters. The number of hydrogen-bond acceptors (Lipinski definition) is 5. The van der Waals surface area contributed by atoms with E-state index in [0.717, 1.165) is 24.9 Å². The lowest BCUT2D eigenvalue weighted by molar-refractivity contribution is 0.103. The minimum Gasteiger partial charge on any atom is -0.396 e. The molecule has 2 heterocycles. The molecule has 31 heavy (non-hydrogen) atoms. The second-order valence-corrected chi connectivity index (χ2v) is 8.10. The van der Waals surface area contributed by atoms with Crippen LogP contribution in [0.4, 0.5) is 17.2 Å². The van der Waals surface area contributed by atoms with Crippen molar-refractivity contribution >= 4 is 23.0 Å². The number of hydrogen-bond donors (Lipinski definition) is 2. The number of aromatic nitrogens is 1. The Morgan fingerprint density at radius 1 is 0.968 bits per heavy atom. The van der Waals surface area contributed by atoms with E-state index in [-0.39, 0.29) is 5.78 Å². The lowest BCUT2D eigenvalue weighted by atomic mass is 10.0. The van der Waals surface area contributed by atoms with Gasteiger partial charge in [0.2, 0.25) is 0 Å². The molecular weight excluding hydrogens is 384 g/mol. The van der Waals surface area contributed by atoms with Crippen molar-refractivity contribution in [3.05, 3.63) is 83.6 Å². The van der Waals surface area contributed by atoms with Crippen molar-refractivity contribution in [2.75, 3.05) is 30.7 Å². The molecule has 2 aromatic carbocycles. The summed E-state index contributed by atoms with van der Waals surface area (Å²) in [6.07, 6.45) is 7.77. The van der Waals surface area contributed by atoms with Crippen molar-refractivity contribution in [1.29, 1.82) is 0 Å². The average molecular weight is 415 g/mol. The van der Waals surface area contributed by atoms with Crippen LogP contribution < -0.4 is 11.1 Å². The molecule has 0 unspecified atom stereocenters. The number of nitrogens with two attached hydrogens (primary N) is 1. The molecule has 3 aromatic rings. The number of aryl methyl sites for hydroxylation is 1. The van der Waals surface area contributed by atoms with Crippen LogP contribution in [0.15, 0.2) is 66.9 Å². The summed E-state index contributed by atoms with van der Waals surface area (Å²) in [6, 6.07) is 18.8. The summed E-state index contributed by atoms with van der Waals surface area (Å²) < 4.78 is 0. The van der Waals surface area contributed by atoms with Gasteiger partial charge < -0.3 is 16.0 Å². The third kappa shape index (κ3) is 5.30. The highest BCUT2D eigenvalue weighted by molar-refractivity contribution is 6.12. The van der Waals surface area contributed by atoms with Crippen molar-refractivity contribution < 1.29 is 4.79 Å². The third-order valence-corrected chi connectivity index (χ3v) is 5.91. The van der Waals surface area contributed by atoms with Gasteiger partial charge in [-0.1, -0.05) is 48.9 Å². The number of carbonyl (C=O) groups is 1. The Morgan fingerprint density at radius 3 is 2.52 bits per heavy atom. The number of benzene rings is 2. The molecule has 5 heteroatoms. The molecule has 1 aliphatic rings. The van der Waals surface area contributed by atoms with Crippen LogP contribution in [0.5, 0.6) is 0 Å². The molecule has 0 spiro atoms. The van der Waals surface area contributed by atoms with E-state index < -0.39 is 0 Å². The van der Waals surface area contributed by atoms with Crippen molar-refractivity contribution in [2.45, 2.75) is 32.1 Å². The predicted octanol–water partition coefficient (Wildman–Crippen LogP) is 5.06. The van der Waals surface area contributed by atoms with Crippen LogP contribution >= 0.6 is 0 Å². The number of nitrogen functional groups attached to an aromatic ring is 1. The minimum atomic E-state index is -0.0278. The van der Waals surface area contributed by atoms with Crippen LogP contribution in [0.1, 0.15) is 47.2 Å². The van der Waals surface area contributed by atoms with Gasteiger partial charge in [-0.2, -0.15) is 0 Å². The summed E-state index contributed by atoms with van der Waals surface area (Å²) in [6.45, 7) is 3.54. The maximum atomic E-state index is 13.0. The zero-order valence-corrected chi connectivity index (χ0v) is 17.9. The maximum absolute atomic E-state index is 13.0. The second kappa shape index (κ2) is 10.2. The van der Waals surface area contributed by atoms with E-state index in [9.17, 15) is 4.79 Å². The summed E-state index contributed by atoms with van der Waals surface area (Å²) in [5, 5.41) is 3.30. The normalized spacial score (nSPS) is 14.3. The number of carbonyl (C=O) groups excluding carboxylic acids is 1. The molecule has 0 bridgehead atoms. The number of nitrogens with zero attached hydrogens (tertiary/aromatic N) is 2. The molecule has 5 nitrogen and oxygen atoms in total. The number of para-hydroxylation sites is 1. The first-order valence-corrected chi connectivity index (χ1v) is 11.1. The Kier molecular flexibility index (Phi) is 6.95. The Morgan fingerprint density at radius 2 is 1.71 bits per heavy atom. The zero-order valence-electron chi connectivity index (χ0n) is 17.9. The topological polar surface area (TPSA) is 71.2 Å². The van der Waals surface area contributed by atoms with Crippen LogP contribution in [0.25, 0.3) is 0 Å². The van der Waals surface area contributed by atoms with Crippen molar-refractivity contribution in [1.82, 2.24) is 9.88 Å². The van der Waals surface area contributed by atoms with Gasteiger partial charge in [-0.05, 0) is 69.1 Å². The summed E-state index contributed by atoms with van der Waals surface area (Å²) in [5.74, 6) is 0.573. The van der Waals surface area contributed by atoms with Crippen LogP contribution in [0, 0.1) is 0 Å². The van der Waals surface area contributed by atoms with Crippen molar-refractivity contribution in [3.8, 4) is 0 Å². The molecule has 160 valence electrons. The van der Waals surface area contributed by atoms with Crippen LogP contribution in [0.2, 0.25) is 0 Å². The highest BCUT2D eigenvalue weighted by Crippen LogP contribution is 2.28.